The van der Waals surface area contributed by atoms with Crippen molar-refractivity contribution < 1.29 is 13.5 Å². The minimum absolute atomic E-state index is 0.0470. The average Bonchev–Trinajstić information content (AvgIpc) is 2.41. The molecule has 6 heteroatoms. The summed E-state index contributed by atoms with van der Waals surface area (Å²) in [5.74, 6) is 0.0556. The highest BCUT2D eigenvalue weighted by atomic mass is 79.9. The molecular weight excluding hydrogens is 330 g/mol. The largest absolute Gasteiger partial charge is 0.396 e. The number of halogens is 1. The van der Waals surface area contributed by atoms with E-state index in [9.17, 15) is 13.5 Å². The molecule has 1 heterocycles. The van der Waals surface area contributed by atoms with E-state index in [1.807, 2.05) is 6.92 Å². The first-order valence-electron chi connectivity index (χ1n) is 6.32. The van der Waals surface area contributed by atoms with Gasteiger partial charge in [0.15, 0.2) is 0 Å². The quantitative estimate of drug-likeness (QED) is 0.911. The molecule has 1 aliphatic rings. The maximum atomic E-state index is 12.5. The molecule has 1 N–H and O–H groups in total. The molecule has 1 aromatic carbocycles. The van der Waals surface area contributed by atoms with Crippen LogP contribution in [0.2, 0.25) is 0 Å². The van der Waals surface area contributed by atoms with Gasteiger partial charge in [-0.15, -0.1) is 0 Å². The summed E-state index contributed by atoms with van der Waals surface area (Å²) in [6.07, 6.45) is 1.70. The van der Waals surface area contributed by atoms with Crippen molar-refractivity contribution in [3.63, 3.8) is 0 Å². The Labute approximate surface area is 122 Å². The normalized spacial score (nSPS) is 21.5. The van der Waals surface area contributed by atoms with Crippen molar-refractivity contribution in [3.8, 4) is 0 Å². The minimum atomic E-state index is -3.44. The van der Waals surface area contributed by atoms with E-state index >= 15 is 0 Å². The first-order valence-corrected chi connectivity index (χ1v) is 8.55. The first-order chi connectivity index (χ1) is 8.95. The molecule has 1 unspecified atom stereocenters. The fraction of sp³-hybridized carbons (Fsp3) is 0.538. The van der Waals surface area contributed by atoms with Crippen LogP contribution < -0.4 is 0 Å². The Morgan fingerprint density at radius 3 is 2.84 bits per heavy atom. The van der Waals surface area contributed by atoms with Crippen LogP contribution in [0.3, 0.4) is 0 Å². The lowest BCUT2D eigenvalue weighted by molar-refractivity contribution is 0.165. The summed E-state index contributed by atoms with van der Waals surface area (Å²) in [5.41, 5.74) is 0.900. The summed E-state index contributed by atoms with van der Waals surface area (Å²) in [4.78, 5) is 0.326. The van der Waals surface area contributed by atoms with Crippen molar-refractivity contribution >= 4 is 26.0 Å². The molecule has 0 amide bonds. The van der Waals surface area contributed by atoms with E-state index in [-0.39, 0.29) is 12.5 Å². The Morgan fingerprint density at radius 2 is 2.21 bits per heavy atom. The average molecular weight is 348 g/mol. The molecule has 0 radical (unpaired) electrons. The fourth-order valence-electron chi connectivity index (χ4n) is 2.32. The number of aliphatic hydroxyl groups excluding tert-OH is 1. The number of rotatable bonds is 3. The van der Waals surface area contributed by atoms with Crippen LogP contribution in [0.25, 0.3) is 0 Å². The Bertz CT molecular complexity index is 559. The molecule has 0 saturated carbocycles. The fourth-order valence-corrected chi connectivity index (χ4v) is 4.21. The van der Waals surface area contributed by atoms with Crippen LogP contribution in [0.15, 0.2) is 27.6 Å². The molecule has 0 aromatic heterocycles. The predicted molar refractivity (Wildman–Crippen MR) is 77.4 cm³/mol. The molecule has 0 spiro atoms. The Kier molecular flexibility index (Phi) is 4.66. The number of aryl methyl sites for hydroxylation is 1. The third kappa shape index (κ3) is 3.18. The van der Waals surface area contributed by atoms with E-state index in [0.29, 0.717) is 18.0 Å². The van der Waals surface area contributed by atoms with Gasteiger partial charge in [0.25, 0.3) is 0 Å². The first kappa shape index (κ1) is 15.0. The lowest BCUT2D eigenvalue weighted by Gasteiger charge is -2.31. The van der Waals surface area contributed by atoms with E-state index < -0.39 is 10.0 Å². The van der Waals surface area contributed by atoms with Crippen molar-refractivity contribution in [1.29, 1.82) is 0 Å². The molecule has 0 bridgehead atoms. The van der Waals surface area contributed by atoms with Gasteiger partial charge in [0.2, 0.25) is 10.0 Å². The Morgan fingerprint density at radius 1 is 1.47 bits per heavy atom. The molecule has 1 atom stereocenters. The number of hydrogen-bond acceptors (Lipinski definition) is 3. The summed E-state index contributed by atoms with van der Waals surface area (Å²) >= 11 is 3.37. The molecule has 1 aromatic rings. The molecule has 19 heavy (non-hydrogen) atoms. The van der Waals surface area contributed by atoms with Crippen LogP contribution in [-0.2, 0) is 10.0 Å². The third-order valence-electron chi connectivity index (χ3n) is 3.51. The SMILES string of the molecule is Cc1cc(S(=O)(=O)N2CCCC(CO)C2)ccc1Br. The second-order valence-corrected chi connectivity index (χ2v) is 7.76. The Hall–Kier alpha value is -0.430. The molecule has 1 aliphatic heterocycles. The number of hydrogen-bond donors (Lipinski definition) is 1. The van der Waals surface area contributed by atoms with Gasteiger partial charge < -0.3 is 5.11 Å². The standard InChI is InChI=1S/C13H18BrNO3S/c1-10-7-12(4-5-13(10)14)19(17,18)15-6-2-3-11(8-15)9-16/h4-5,7,11,16H,2-3,6,8-9H2,1H3. The lowest BCUT2D eigenvalue weighted by atomic mass is 10.0. The van der Waals surface area contributed by atoms with Gasteiger partial charge in [-0.05, 0) is 49.4 Å². The number of sulfonamides is 1. The van der Waals surface area contributed by atoms with Gasteiger partial charge in [-0.1, -0.05) is 15.9 Å². The molecule has 0 aliphatic carbocycles. The molecule has 2 rings (SSSR count). The second-order valence-electron chi connectivity index (χ2n) is 4.96. The number of piperidine rings is 1. The van der Waals surface area contributed by atoms with Gasteiger partial charge in [0.05, 0.1) is 4.90 Å². The summed E-state index contributed by atoms with van der Waals surface area (Å²) in [7, 11) is -3.44. The van der Waals surface area contributed by atoms with Gasteiger partial charge in [0.1, 0.15) is 0 Å². The maximum absolute atomic E-state index is 12.5. The third-order valence-corrected chi connectivity index (χ3v) is 6.26. The van der Waals surface area contributed by atoms with Crippen molar-refractivity contribution in [2.75, 3.05) is 19.7 Å². The van der Waals surface area contributed by atoms with Gasteiger partial charge in [-0.3, -0.25) is 0 Å². The van der Waals surface area contributed by atoms with E-state index in [1.165, 1.54) is 4.31 Å². The number of benzene rings is 1. The maximum Gasteiger partial charge on any atom is 0.243 e. The zero-order valence-electron chi connectivity index (χ0n) is 10.8. The van der Waals surface area contributed by atoms with Gasteiger partial charge >= 0.3 is 0 Å². The van der Waals surface area contributed by atoms with Crippen LogP contribution in [0.4, 0.5) is 0 Å². The van der Waals surface area contributed by atoms with Crippen LogP contribution >= 0.6 is 15.9 Å². The van der Waals surface area contributed by atoms with Crippen LogP contribution in [0, 0.1) is 12.8 Å². The Balaban J connectivity index is 2.28. The van der Waals surface area contributed by atoms with Crippen LogP contribution in [0.1, 0.15) is 18.4 Å². The molecule has 106 valence electrons. The highest BCUT2D eigenvalue weighted by Gasteiger charge is 2.30. The lowest BCUT2D eigenvalue weighted by Crippen LogP contribution is -2.40. The second kappa shape index (κ2) is 5.91. The highest BCUT2D eigenvalue weighted by Crippen LogP contribution is 2.26. The van der Waals surface area contributed by atoms with E-state index in [1.54, 1.807) is 18.2 Å². The number of aliphatic hydroxyl groups is 1. The van der Waals surface area contributed by atoms with Crippen molar-refractivity contribution in [1.82, 2.24) is 4.31 Å². The van der Waals surface area contributed by atoms with Crippen molar-refractivity contribution in [2.24, 2.45) is 5.92 Å². The topological polar surface area (TPSA) is 57.6 Å². The van der Waals surface area contributed by atoms with Crippen molar-refractivity contribution in [2.45, 2.75) is 24.7 Å². The molecular formula is C13H18BrNO3S. The summed E-state index contributed by atoms with van der Waals surface area (Å²) in [5, 5.41) is 9.20. The van der Waals surface area contributed by atoms with E-state index in [4.69, 9.17) is 0 Å². The smallest absolute Gasteiger partial charge is 0.243 e. The summed E-state index contributed by atoms with van der Waals surface area (Å²) in [6, 6.07) is 5.06. The number of nitrogens with zero attached hydrogens (tertiary/aromatic N) is 1. The van der Waals surface area contributed by atoms with Gasteiger partial charge in [0, 0.05) is 24.2 Å². The van der Waals surface area contributed by atoms with Crippen LogP contribution in [0.5, 0.6) is 0 Å². The summed E-state index contributed by atoms with van der Waals surface area (Å²) < 4.78 is 27.5. The predicted octanol–water partition coefficient (Wildman–Crippen LogP) is 2.15. The molecule has 1 saturated heterocycles. The monoisotopic (exact) mass is 347 g/mol. The van der Waals surface area contributed by atoms with E-state index in [0.717, 1.165) is 22.9 Å². The zero-order valence-corrected chi connectivity index (χ0v) is 13.2. The molecule has 1 fully saturated rings. The minimum Gasteiger partial charge on any atom is -0.396 e. The highest BCUT2D eigenvalue weighted by molar-refractivity contribution is 9.10. The van der Waals surface area contributed by atoms with Crippen LogP contribution in [-0.4, -0.2) is 37.5 Å². The summed E-state index contributed by atoms with van der Waals surface area (Å²) in [6.45, 7) is 2.86. The van der Waals surface area contributed by atoms with Gasteiger partial charge in [-0.25, -0.2) is 8.42 Å². The van der Waals surface area contributed by atoms with E-state index in [2.05, 4.69) is 15.9 Å². The zero-order chi connectivity index (χ0) is 14.0. The van der Waals surface area contributed by atoms with Gasteiger partial charge in [-0.2, -0.15) is 4.31 Å². The van der Waals surface area contributed by atoms with Crippen molar-refractivity contribution in [3.05, 3.63) is 28.2 Å². The molecule has 4 nitrogen and oxygen atoms in total.